The number of nitrogens with zero attached hydrogens (tertiary/aromatic N) is 4. The molecule has 1 N–H and O–H groups in total. The van der Waals surface area contributed by atoms with E-state index >= 15 is 0 Å². The van der Waals surface area contributed by atoms with E-state index in [1.165, 1.54) is 11.1 Å². The minimum Gasteiger partial charge on any atom is -0.340 e. The third-order valence-electron chi connectivity index (χ3n) is 4.21. The summed E-state index contributed by atoms with van der Waals surface area (Å²) in [6.45, 7) is 4.18. The first-order valence-electron chi connectivity index (χ1n) is 7.91. The van der Waals surface area contributed by atoms with E-state index in [-0.39, 0.29) is 0 Å². The predicted molar refractivity (Wildman–Crippen MR) is 101 cm³/mol. The Morgan fingerprint density at radius 3 is 2.52 bits per heavy atom. The Balaban J connectivity index is 1.77. The van der Waals surface area contributed by atoms with Crippen LogP contribution in [0.25, 0.3) is 16.7 Å². The average Bonchev–Trinajstić information content (AvgIpc) is 3.04. The molecular formula is C19H16ClN5. The minimum absolute atomic E-state index is 0.695. The fourth-order valence-electron chi connectivity index (χ4n) is 2.66. The Bertz CT molecular complexity index is 1050. The maximum absolute atomic E-state index is 5.94. The van der Waals surface area contributed by atoms with Crippen molar-refractivity contribution in [1.82, 2.24) is 19.7 Å². The molecule has 0 bridgehead atoms. The van der Waals surface area contributed by atoms with Crippen LogP contribution in [-0.4, -0.2) is 19.7 Å². The Kier molecular flexibility index (Phi) is 3.86. The molecule has 0 aliphatic heterocycles. The van der Waals surface area contributed by atoms with Crippen LogP contribution in [0, 0.1) is 13.8 Å². The van der Waals surface area contributed by atoms with E-state index in [0.717, 1.165) is 22.4 Å². The molecule has 0 fully saturated rings. The molecule has 0 saturated carbocycles. The number of hydrogen-bond donors (Lipinski definition) is 1. The summed E-state index contributed by atoms with van der Waals surface area (Å²) in [4.78, 5) is 8.77. The topological polar surface area (TPSA) is 55.6 Å². The smallest absolute Gasteiger partial charge is 0.168 e. The summed E-state index contributed by atoms with van der Waals surface area (Å²) < 4.78 is 1.83. The summed E-state index contributed by atoms with van der Waals surface area (Å²) in [5, 5.41) is 9.35. The van der Waals surface area contributed by atoms with Gasteiger partial charge in [-0.05, 0) is 61.4 Å². The van der Waals surface area contributed by atoms with Gasteiger partial charge < -0.3 is 5.32 Å². The normalized spacial score (nSPS) is 11.0. The molecule has 0 aliphatic carbocycles. The number of nitrogens with one attached hydrogen (secondary N) is 1. The second-order valence-electron chi connectivity index (χ2n) is 5.92. The summed E-state index contributed by atoms with van der Waals surface area (Å²) in [5.41, 5.74) is 5.11. The van der Waals surface area contributed by atoms with Gasteiger partial charge in [-0.2, -0.15) is 5.10 Å². The lowest BCUT2D eigenvalue weighted by molar-refractivity contribution is 0.893. The van der Waals surface area contributed by atoms with Crippen LogP contribution in [0.2, 0.25) is 5.02 Å². The van der Waals surface area contributed by atoms with Gasteiger partial charge in [0.15, 0.2) is 5.65 Å². The number of rotatable bonds is 3. The van der Waals surface area contributed by atoms with E-state index in [9.17, 15) is 0 Å². The van der Waals surface area contributed by atoms with Crippen LogP contribution in [0.4, 0.5) is 11.5 Å². The number of benzene rings is 2. The van der Waals surface area contributed by atoms with Gasteiger partial charge >= 0.3 is 0 Å². The summed E-state index contributed by atoms with van der Waals surface area (Å²) in [7, 11) is 0. The highest BCUT2D eigenvalue weighted by Gasteiger charge is 2.11. The number of aromatic nitrogens is 4. The Morgan fingerprint density at radius 1 is 0.960 bits per heavy atom. The monoisotopic (exact) mass is 349 g/mol. The molecule has 124 valence electrons. The SMILES string of the molecule is Cc1ccc(-n2ncc3c(Nc4ccc(Cl)cc4)ncnc32)cc1C. The van der Waals surface area contributed by atoms with Crippen molar-refractivity contribution in [3.63, 3.8) is 0 Å². The highest BCUT2D eigenvalue weighted by atomic mass is 35.5. The number of aryl methyl sites for hydroxylation is 2. The van der Waals surface area contributed by atoms with Gasteiger partial charge in [0.2, 0.25) is 0 Å². The van der Waals surface area contributed by atoms with Crippen molar-refractivity contribution in [3.8, 4) is 5.69 Å². The van der Waals surface area contributed by atoms with Crippen LogP contribution in [0.3, 0.4) is 0 Å². The van der Waals surface area contributed by atoms with Crippen molar-refractivity contribution < 1.29 is 0 Å². The van der Waals surface area contributed by atoms with Crippen molar-refractivity contribution >= 4 is 34.1 Å². The summed E-state index contributed by atoms with van der Waals surface area (Å²) in [5.74, 6) is 0.711. The molecule has 0 unspecified atom stereocenters. The standard InChI is InChI=1S/C19H16ClN5/c1-12-3-8-16(9-13(12)2)25-19-17(10-23-25)18(21-11-22-19)24-15-6-4-14(20)5-7-15/h3-11H,1-2H3,(H,21,22,24). The minimum atomic E-state index is 0.695. The second-order valence-corrected chi connectivity index (χ2v) is 6.35. The van der Waals surface area contributed by atoms with Gasteiger partial charge in [0, 0.05) is 10.7 Å². The quantitative estimate of drug-likeness (QED) is 0.575. The van der Waals surface area contributed by atoms with Gasteiger partial charge in [-0.25, -0.2) is 14.6 Å². The Labute approximate surface area is 150 Å². The van der Waals surface area contributed by atoms with Crippen molar-refractivity contribution in [2.75, 3.05) is 5.32 Å². The largest absolute Gasteiger partial charge is 0.340 e. The highest BCUT2D eigenvalue weighted by Crippen LogP contribution is 2.25. The first kappa shape index (κ1) is 15.6. The molecule has 0 saturated heterocycles. The molecule has 25 heavy (non-hydrogen) atoms. The number of anilines is 2. The van der Waals surface area contributed by atoms with Crippen molar-refractivity contribution in [1.29, 1.82) is 0 Å². The zero-order chi connectivity index (χ0) is 17.4. The highest BCUT2D eigenvalue weighted by molar-refractivity contribution is 6.30. The van der Waals surface area contributed by atoms with Crippen LogP contribution in [0.1, 0.15) is 11.1 Å². The first-order valence-corrected chi connectivity index (χ1v) is 8.28. The zero-order valence-electron chi connectivity index (χ0n) is 13.9. The maximum atomic E-state index is 5.94. The van der Waals surface area contributed by atoms with Gasteiger partial charge in [-0.1, -0.05) is 17.7 Å². The third kappa shape index (κ3) is 2.94. The molecule has 4 rings (SSSR count). The lowest BCUT2D eigenvalue weighted by Crippen LogP contribution is -2.00. The molecule has 0 aliphatic rings. The van der Waals surface area contributed by atoms with Crippen molar-refractivity contribution in [2.24, 2.45) is 0 Å². The average molecular weight is 350 g/mol. The van der Waals surface area contributed by atoms with Crippen LogP contribution in [0.5, 0.6) is 0 Å². The molecular weight excluding hydrogens is 334 g/mol. The molecule has 0 spiro atoms. The fraction of sp³-hybridized carbons (Fsp3) is 0.105. The molecule has 2 aromatic heterocycles. The molecule has 0 radical (unpaired) electrons. The van der Waals surface area contributed by atoms with Gasteiger partial charge in [-0.3, -0.25) is 0 Å². The fourth-order valence-corrected chi connectivity index (χ4v) is 2.79. The third-order valence-corrected chi connectivity index (χ3v) is 4.46. The molecule has 2 aromatic carbocycles. The number of halogens is 1. The predicted octanol–water partition coefficient (Wildman–Crippen LogP) is 4.83. The van der Waals surface area contributed by atoms with E-state index in [0.29, 0.717) is 10.8 Å². The van der Waals surface area contributed by atoms with Crippen LogP contribution >= 0.6 is 11.6 Å². The lowest BCUT2D eigenvalue weighted by atomic mass is 10.1. The van der Waals surface area contributed by atoms with E-state index in [1.807, 2.05) is 35.0 Å². The zero-order valence-corrected chi connectivity index (χ0v) is 14.6. The summed E-state index contributed by atoms with van der Waals surface area (Å²) in [6, 6.07) is 13.7. The molecule has 2 heterocycles. The first-order chi connectivity index (χ1) is 12.1. The van der Waals surface area contributed by atoms with Crippen LogP contribution < -0.4 is 5.32 Å². The Hall–Kier alpha value is -2.92. The molecule has 5 nitrogen and oxygen atoms in total. The van der Waals surface area contributed by atoms with Gasteiger partial charge in [-0.15, -0.1) is 0 Å². The van der Waals surface area contributed by atoms with Gasteiger partial charge in [0.25, 0.3) is 0 Å². The van der Waals surface area contributed by atoms with E-state index < -0.39 is 0 Å². The lowest BCUT2D eigenvalue weighted by Gasteiger charge is -2.08. The van der Waals surface area contributed by atoms with Crippen LogP contribution in [0.15, 0.2) is 55.0 Å². The molecule has 6 heteroatoms. The van der Waals surface area contributed by atoms with Gasteiger partial charge in [0.05, 0.1) is 17.3 Å². The van der Waals surface area contributed by atoms with Crippen molar-refractivity contribution in [3.05, 3.63) is 71.1 Å². The van der Waals surface area contributed by atoms with E-state index in [4.69, 9.17) is 11.6 Å². The second kappa shape index (κ2) is 6.18. The summed E-state index contributed by atoms with van der Waals surface area (Å²) >= 11 is 5.94. The van der Waals surface area contributed by atoms with Gasteiger partial charge in [0.1, 0.15) is 12.1 Å². The van der Waals surface area contributed by atoms with Crippen LogP contribution in [-0.2, 0) is 0 Å². The molecule has 0 amide bonds. The molecule has 4 aromatic rings. The Morgan fingerprint density at radius 2 is 1.76 bits per heavy atom. The maximum Gasteiger partial charge on any atom is 0.168 e. The van der Waals surface area contributed by atoms with E-state index in [1.54, 1.807) is 12.5 Å². The van der Waals surface area contributed by atoms with E-state index in [2.05, 4.69) is 46.4 Å². The number of hydrogen-bond acceptors (Lipinski definition) is 4. The summed E-state index contributed by atoms with van der Waals surface area (Å²) in [6.07, 6.45) is 3.32. The van der Waals surface area contributed by atoms with Crippen molar-refractivity contribution in [2.45, 2.75) is 13.8 Å². The number of fused-ring (bicyclic) bond motifs is 1. The molecule has 0 atom stereocenters.